The van der Waals surface area contributed by atoms with Gasteiger partial charge in [-0.15, -0.1) is 0 Å². The number of benzene rings is 2. The summed E-state index contributed by atoms with van der Waals surface area (Å²) in [7, 11) is 0. The molecule has 28 heavy (non-hydrogen) atoms. The van der Waals surface area contributed by atoms with Crippen molar-refractivity contribution < 1.29 is 14.1 Å². The number of rotatable bonds is 7. The van der Waals surface area contributed by atoms with Gasteiger partial charge < -0.3 is 15.1 Å². The van der Waals surface area contributed by atoms with Crippen molar-refractivity contribution in [2.45, 2.75) is 38.8 Å². The fraction of sp³-hybridized carbons (Fsp3) is 0.435. The van der Waals surface area contributed by atoms with Gasteiger partial charge in [0, 0.05) is 5.69 Å². The van der Waals surface area contributed by atoms with Crippen LogP contribution < -0.4 is 15.1 Å². The maximum absolute atomic E-state index is 13.1. The highest BCUT2D eigenvalue weighted by atomic mass is 19.1. The van der Waals surface area contributed by atoms with Crippen LogP contribution in [0.15, 0.2) is 54.6 Å². The van der Waals surface area contributed by atoms with Crippen LogP contribution in [0, 0.1) is 5.82 Å². The molecule has 1 fully saturated rings. The molecule has 1 saturated heterocycles. The van der Waals surface area contributed by atoms with E-state index in [-0.39, 0.29) is 23.8 Å². The van der Waals surface area contributed by atoms with Crippen LogP contribution in [0.2, 0.25) is 0 Å². The van der Waals surface area contributed by atoms with Crippen molar-refractivity contribution in [3.8, 4) is 0 Å². The minimum absolute atomic E-state index is 0.0704. The Kier molecular flexibility index (Phi) is 7.04. The minimum atomic E-state index is -0.210. The maximum Gasteiger partial charge on any atom is 0.278 e. The first-order chi connectivity index (χ1) is 13.6. The van der Waals surface area contributed by atoms with E-state index in [1.807, 2.05) is 37.3 Å². The fourth-order valence-electron chi connectivity index (χ4n) is 3.92. The molecule has 0 saturated carbocycles. The van der Waals surface area contributed by atoms with E-state index < -0.39 is 0 Å². The molecule has 0 aliphatic carbocycles. The summed E-state index contributed by atoms with van der Waals surface area (Å²) in [6.07, 6.45) is 1.97. The summed E-state index contributed by atoms with van der Waals surface area (Å²) in [4.78, 5) is 16.5. The predicted molar refractivity (Wildman–Crippen MR) is 111 cm³/mol. The van der Waals surface area contributed by atoms with E-state index in [1.54, 1.807) is 0 Å². The van der Waals surface area contributed by atoms with E-state index in [0.717, 1.165) is 44.7 Å². The van der Waals surface area contributed by atoms with Gasteiger partial charge in [0.2, 0.25) is 0 Å². The maximum atomic E-state index is 13.1. The van der Waals surface area contributed by atoms with Gasteiger partial charge in [-0.1, -0.05) is 43.7 Å². The van der Waals surface area contributed by atoms with Gasteiger partial charge in [-0.25, -0.2) is 4.39 Å². The van der Waals surface area contributed by atoms with Gasteiger partial charge in [0.05, 0.1) is 32.2 Å². The second-order valence-electron chi connectivity index (χ2n) is 7.60. The van der Waals surface area contributed by atoms with Crippen LogP contribution in [0.5, 0.6) is 0 Å². The Morgan fingerprint density at radius 3 is 2.36 bits per heavy atom. The lowest BCUT2D eigenvalue weighted by Crippen LogP contribution is -3.19. The van der Waals surface area contributed by atoms with Gasteiger partial charge in [-0.05, 0) is 43.2 Å². The van der Waals surface area contributed by atoms with Crippen molar-refractivity contribution in [2.24, 2.45) is 0 Å². The number of nitrogens with one attached hydrogen (secondary N) is 2. The van der Waals surface area contributed by atoms with E-state index in [2.05, 4.69) is 29.3 Å². The zero-order valence-electron chi connectivity index (χ0n) is 16.8. The topological polar surface area (TPSA) is 36.8 Å². The summed E-state index contributed by atoms with van der Waals surface area (Å²) in [6, 6.07) is 16.9. The van der Waals surface area contributed by atoms with E-state index in [4.69, 9.17) is 0 Å². The molecule has 0 aromatic heterocycles. The molecule has 1 aliphatic rings. The summed E-state index contributed by atoms with van der Waals surface area (Å²) >= 11 is 0. The van der Waals surface area contributed by atoms with Crippen molar-refractivity contribution in [1.29, 1.82) is 0 Å². The zero-order valence-corrected chi connectivity index (χ0v) is 16.8. The van der Waals surface area contributed by atoms with Crippen LogP contribution in [-0.4, -0.2) is 38.1 Å². The standard InChI is InChI=1S/C23H30FN3O/c1-3-7-22(19-8-5-4-6-9-19)25-23(28)18(2)26-14-16-27(17-15-26)21-12-10-20(24)11-13-21/h4-6,8-13,18,22H,3,7,14-17H2,1-2H3,(H,25,28)/p+1/t18-,22-/m1/s1. The molecule has 1 heterocycles. The number of piperazine rings is 1. The molecule has 2 atom stereocenters. The van der Waals surface area contributed by atoms with Crippen LogP contribution in [0.4, 0.5) is 10.1 Å². The normalized spacial score (nSPS) is 17.2. The van der Waals surface area contributed by atoms with Crippen LogP contribution in [-0.2, 0) is 4.79 Å². The first-order valence-corrected chi connectivity index (χ1v) is 10.3. The van der Waals surface area contributed by atoms with Crippen molar-refractivity contribution in [3.05, 3.63) is 66.0 Å². The highest BCUT2D eigenvalue weighted by Gasteiger charge is 2.30. The summed E-state index contributed by atoms with van der Waals surface area (Å²) in [5.41, 5.74) is 2.21. The molecule has 2 aromatic rings. The summed E-state index contributed by atoms with van der Waals surface area (Å²) in [5, 5.41) is 3.27. The third-order valence-corrected chi connectivity index (χ3v) is 5.70. The first kappa shape index (κ1) is 20.3. The minimum Gasteiger partial charge on any atom is -0.360 e. The third-order valence-electron chi connectivity index (χ3n) is 5.70. The Labute approximate surface area is 167 Å². The van der Waals surface area contributed by atoms with Crippen LogP contribution in [0.1, 0.15) is 38.3 Å². The molecule has 2 N–H and O–H groups in total. The molecular formula is C23H31FN3O+. The number of hydrogen-bond donors (Lipinski definition) is 2. The number of amides is 1. The largest absolute Gasteiger partial charge is 0.360 e. The third kappa shape index (κ3) is 5.10. The Hall–Kier alpha value is -2.40. The molecule has 3 rings (SSSR count). The number of hydrogen-bond acceptors (Lipinski definition) is 2. The molecule has 0 radical (unpaired) electrons. The average molecular weight is 385 g/mol. The number of carbonyl (C=O) groups excluding carboxylic acids is 1. The molecule has 150 valence electrons. The Bertz CT molecular complexity index is 742. The SMILES string of the molecule is CCC[C@@H](NC(=O)[C@@H](C)[NH+]1CCN(c2ccc(F)cc2)CC1)c1ccccc1. The Morgan fingerprint density at radius 2 is 1.75 bits per heavy atom. The van der Waals surface area contributed by atoms with Gasteiger partial charge in [0.15, 0.2) is 6.04 Å². The second-order valence-corrected chi connectivity index (χ2v) is 7.60. The number of halogens is 1. The molecule has 0 unspecified atom stereocenters. The zero-order chi connectivity index (χ0) is 19.9. The van der Waals surface area contributed by atoms with Crippen molar-refractivity contribution >= 4 is 11.6 Å². The number of carbonyl (C=O) groups is 1. The van der Waals surface area contributed by atoms with Crippen molar-refractivity contribution in [3.63, 3.8) is 0 Å². The quantitative estimate of drug-likeness (QED) is 0.770. The molecule has 2 aromatic carbocycles. The van der Waals surface area contributed by atoms with Gasteiger partial charge in [-0.2, -0.15) is 0 Å². The van der Waals surface area contributed by atoms with Gasteiger partial charge in [0.1, 0.15) is 5.82 Å². The Balaban J connectivity index is 1.55. The van der Waals surface area contributed by atoms with E-state index in [1.165, 1.54) is 22.6 Å². The predicted octanol–water partition coefficient (Wildman–Crippen LogP) is 2.58. The molecular weight excluding hydrogens is 353 g/mol. The average Bonchev–Trinajstić information content (AvgIpc) is 2.74. The lowest BCUT2D eigenvalue weighted by atomic mass is 10.0. The molecule has 4 nitrogen and oxygen atoms in total. The summed E-state index contributed by atoms with van der Waals surface area (Å²) in [6.45, 7) is 7.70. The summed E-state index contributed by atoms with van der Waals surface area (Å²) < 4.78 is 13.1. The molecule has 5 heteroatoms. The number of nitrogens with zero attached hydrogens (tertiary/aromatic N) is 1. The van der Waals surface area contributed by atoms with E-state index >= 15 is 0 Å². The second kappa shape index (κ2) is 9.69. The lowest BCUT2D eigenvalue weighted by Gasteiger charge is -2.36. The van der Waals surface area contributed by atoms with Crippen molar-refractivity contribution in [2.75, 3.05) is 31.1 Å². The summed E-state index contributed by atoms with van der Waals surface area (Å²) in [5.74, 6) is -0.0918. The number of quaternary nitrogens is 1. The van der Waals surface area contributed by atoms with Crippen LogP contribution in [0.3, 0.4) is 0 Å². The van der Waals surface area contributed by atoms with Gasteiger partial charge in [-0.3, -0.25) is 4.79 Å². The van der Waals surface area contributed by atoms with Crippen molar-refractivity contribution in [1.82, 2.24) is 5.32 Å². The molecule has 1 amide bonds. The fourth-order valence-corrected chi connectivity index (χ4v) is 3.92. The van der Waals surface area contributed by atoms with Gasteiger partial charge >= 0.3 is 0 Å². The van der Waals surface area contributed by atoms with Crippen LogP contribution in [0.25, 0.3) is 0 Å². The van der Waals surface area contributed by atoms with Crippen LogP contribution >= 0.6 is 0 Å². The highest BCUT2D eigenvalue weighted by molar-refractivity contribution is 5.80. The molecule has 0 spiro atoms. The molecule has 0 bridgehead atoms. The van der Waals surface area contributed by atoms with E-state index in [9.17, 15) is 9.18 Å². The monoisotopic (exact) mass is 384 g/mol. The van der Waals surface area contributed by atoms with Gasteiger partial charge in [0.25, 0.3) is 5.91 Å². The smallest absolute Gasteiger partial charge is 0.278 e. The number of anilines is 1. The Morgan fingerprint density at radius 1 is 1.11 bits per heavy atom. The molecule has 1 aliphatic heterocycles. The lowest BCUT2D eigenvalue weighted by molar-refractivity contribution is -0.914. The first-order valence-electron chi connectivity index (χ1n) is 10.3. The highest BCUT2D eigenvalue weighted by Crippen LogP contribution is 2.18. The van der Waals surface area contributed by atoms with E-state index in [0.29, 0.717) is 0 Å².